The van der Waals surface area contributed by atoms with Crippen LogP contribution in [0, 0.1) is 11.3 Å². The quantitative estimate of drug-likeness (QED) is 0.854. The summed E-state index contributed by atoms with van der Waals surface area (Å²) >= 11 is 0. The van der Waals surface area contributed by atoms with E-state index in [1.165, 1.54) is 0 Å². The van der Waals surface area contributed by atoms with Gasteiger partial charge in [0.1, 0.15) is 0 Å². The van der Waals surface area contributed by atoms with Gasteiger partial charge in [-0.05, 0) is 35.4 Å². The molecule has 0 aliphatic carbocycles. The van der Waals surface area contributed by atoms with Crippen LogP contribution in [0.4, 0.5) is 0 Å². The smallest absolute Gasteiger partial charge is 0.310 e. The molecule has 0 aromatic heterocycles. The third-order valence-corrected chi connectivity index (χ3v) is 2.86. The fraction of sp³-hybridized carbons (Fsp3) is 0.143. The van der Waals surface area contributed by atoms with Crippen molar-refractivity contribution in [1.29, 1.82) is 5.26 Å². The maximum atomic E-state index is 10.9. The van der Waals surface area contributed by atoms with Crippen molar-refractivity contribution in [1.82, 2.24) is 0 Å². The van der Waals surface area contributed by atoms with Crippen molar-refractivity contribution < 1.29 is 9.90 Å². The Morgan fingerprint density at radius 2 is 1.94 bits per heavy atom. The minimum Gasteiger partial charge on any atom is -0.481 e. The first kappa shape index (κ1) is 11.2. The molecule has 0 amide bonds. The number of aliphatic carboxylic acids is 1. The number of carboxylic acid groups (broad SMARTS) is 1. The predicted molar refractivity (Wildman–Crippen MR) is 64.7 cm³/mol. The Morgan fingerprint density at radius 3 is 2.59 bits per heavy atom. The number of benzene rings is 2. The molecule has 0 radical (unpaired) electrons. The molecule has 1 N–H and O–H groups in total. The van der Waals surface area contributed by atoms with Crippen LogP contribution < -0.4 is 0 Å². The highest BCUT2D eigenvalue weighted by atomic mass is 16.4. The molecule has 17 heavy (non-hydrogen) atoms. The van der Waals surface area contributed by atoms with E-state index in [9.17, 15) is 4.79 Å². The van der Waals surface area contributed by atoms with Crippen LogP contribution >= 0.6 is 0 Å². The Labute approximate surface area is 98.9 Å². The summed E-state index contributed by atoms with van der Waals surface area (Å²) < 4.78 is 0. The summed E-state index contributed by atoms with van der Waals surface area (Å²) in [6.07, 6.45) is 0. The minimum atomic E-state index is -0.846. The zero-order valence-corrected chi connectivity index (χ0v) is 9.34. The molecular weight excluding hydrogens is 214 g/mol. The van der Waals surface area contributed by atoms with E-state index < -0.39 is 11.9 Å². The van der Waals surface area contributed by atoms with Crippen molar-refractivity contribution in [3.05, 3.63) is 47.5 Å². The normalized spacial score (nSPS) is 12.0. The van der Waals surface area contributed by atoms with Crippen molar-refractivity contribution in [3.8, 4) is 6.07 Å². The number of hydrogen-bond donors (Lipinski definition) is 1. The number of carboxylic acids is 1. The van der Waals surface area contributed by atoms with Gasteiger partial charge in [0.05, 0.1) is 17.6 Å². The van der Waals surface area contributed by atoms with Crippen molar-refractivity contribution in [2.75, 3.05) is 0 Å². The summed E-state index contributed by atoms with van der Waals surface area (Å²) in [5.74, 6) is -1.38. The molecule has 1 atom stereocenters. The highest BCUT2D eigenvalue weighted by Gasteiger charge is 2.13. The molecule has 0 fully saturated rings. The van der Waals surface area contributed by atoms with E-state index in [1.54, 1.807) is 19.1 Å². The summed E-state index contributed by atoms with van der Waals surface area (Å²) in [7, 11) is 0. The highest BCUT2D eigenvalue weighted by Crippen LogP contribution is 2.22. The van der Waals surface area contributed by atoms with Crippen molar-refractivity contribution >= 4 is 16.7 Å². The van der Waals surface area contributed by atoms with E-state index in [1.807, 2.05) is 24.3 Å². The zero-order valence-electron chi connectivity index (χ0n) is 9.34. The van der Waals surface area contributed by atoms with Crippen molar-refractivity contribution in [3.63, 3.8) is 0 Å². The summed E-state index contributed by atoms with van der Waals surface area (Å²) in [5.41, 5.74) is 1.33. The average molecular weight is 225 g/mol. The van der Waals surface area contributed by atoms with Gasteiger partial charge in [-0.15, -0.1) is 0 Å². The number of rotatable bonds is 2. The van der Waals surface area contributed by atoms with E-state index in [0.717, 1.165) is 16.3 Å². The summed E-state index contributed by atoms with van der Waals surface area (Å²) in [6, 6.07) is 13.0. The molecule has 0 aliphatic heterocycles. The van der Waals surface area contributed by atoms with Crippen LogP contribution in [0.15, 0.2) is 36.4 Å². The first-order valence-corrected chi connectivity index (χ1v) is 5.28. The van der Waals surface area contributed by atoms with Gasteiger partial charge < -0.3 is 5.11 Å². The van der Waals surface area contributed by atoms with Gasteiger partial charge in [0.25, 0.3) is 0 Å². The SMILES string of the molecule is CC(C(=O)O)c1ccc2ccc(C#N)cc2c1. The number of carbonyl (C=O) groups is 1. The Morgan fingerprint density at radius 1 is 1.24 bits per heavy atom. The van der Waals surface area contributed by atoms with E-state index in [4.69, 9.17) is 10.4 Å². The van der Waals surface area contributed by atoms with Gasteiger partial charge in [0.2, 0.25) is 0 Å². The molecule has 2 aromatic carbocycles. The maximum absolute atomic E-state index is 10.9. The van der Waals surface area contributed by atoms with Crippen LogP contribution in [0.2, 0.25) is 0 Å². The second-order valence-corrected chi connectivity index (χ2v) is 3.99. The van der Waals surface area contributed by atoms with E-state index >= 15 is 0 Å². The molecule has 0 saturated carbocycles. The van der Waals surface area contributed by atoms with Gasteiger partial charge in [-0.1, -0.05) is 24.3 Å². The molecule has 2 aromatic rings. The maximum Gasteiger partial charge on any atom is 0.310 e. The number of fused-ring (bicyclic) bond motifs is 1. The van der Waals surface area contributed by atoms with E-state index in [2.05, 4.69) is 6.07 Å². The molecule has 0 heterocycles. The van der Waals surface area contributed by atoms with Gasteiger partial charge in [-0.25, -0.2) is 0 Å². The molecule has 0 spiro atoms. The topological polar surface area (TPSA) is 61.1 Å². The third kappa shape index (κ3) is 2.11. The standard InChI is InChI=1S/C14H11NO2/c1-9(14(16)17)12-5-4-11-3-2-10(8-15)6-13(11)7-12/h2-7,9H,1H3,(H,16,17). The summed E-state index contributed by atoms with van der Waals surface area (Å²) in [4.78, 5) is 10.9. The molecular formula is C14H11NO2. The van der Waals surface area contributed by atoms with Gasteiger partial charge in [-0.3, -0.25) is 4.79 Å². The summed E-state index contributed by atoms with van der Waals surface area (Å²) in [5, 5.41) is 19.7. The molecule has 1 unspecified atom stereocenters. The second-order valence-electron chi connectivity index (χ2n) is 3.99. The Kier molecular flexibility index (Phi) is 2.80. The van der Waals surface area contributed by atoms with Gasteiger partial charge in [0, 0.05) is 0 Å². The highest BCUT2D eigenvalue weighted by molar-refractivity contribution is 5.86. The average Bonchev–Trinajstić information content (AvgIpc) is 2.36. The van der Waals surface area contributed by atoms with Crippen molar-refractivity contribution in [2.24, 2.45) is 0 Å². The van der Waals surface area contributed by atoms with Crippen molar-refractivity contribution in [2.45, 2.75) is 12.8 Å². The van der Waals surface area contributed by atoms with Crippen LogP contribution in [-0.2, 0) is 4.79 Å². The largest absolute Gasteiger partial charge is 0.481 e. The van der Waals surface area contributed by atoms with E-state index in [0.29, 0.717) is 5.56 Å². The zero-order chi connectivity index (χ0) is 12.4. The third-order valence-electron chi connectivity index (χ3n) is 2.86. The van der Waals surface area contributed by atoms with Crippen LogP contribution in [-0.4, -0.2) is 11.1 Å². The lowest BCUT2D eigenvalue weighted by Gasteiger charge is -2.08. The first-order chi connectivity index (χ1) is 8.11. The van der Waals surface area contributed by atoms with Crippen LogP contribution in [0.5, 0.6) is 0 Å². The number of nitriles is 1. The Hall–Kier alpha value is -2.34. The minimum absolute atomic E-state index is 0.537. The van der Waals surface area contributed by atoms with E-state index in [-0.39, 0.29) is 0 Å². The van der Waals surface area contributed by atoms with Gasteiger partial charge in [-0.2, -0.15) is 5.26 Å². The Bertz CT molecular complexity index is 626. The second kappa shape index (κ2) is 4.26. The van der Waals surface area contributed by atoms with Crippen LogP contribution in [0.1, 0.15) is 24.0 Å². The fourth-order valence-corrected chi connectivity index (χ4v) is 1.75. The number of nitrogens with zero attached hydrogens (tertiary/aromatic N) is 1. The van der Waals surface area contributed by atoms with Crippen LogP contribution in [0.3, 0.4) is 0 Å². The van der Waals surface area contributed by atoms with Gasteiger partial charge >= 0.3 is 5.97 Å². The lowest BCUT2D eigenvalue weighted by atomic mass is 9.97. The fourth-order valence-electron chi connectivity index (χ4n) is 1.75. The first-order valence-electron chi connectivity index (χ1n) is 5.28. The monoisotopic (exact) mass is 225 g/mol. The number of hydrogen-bond acceptors (Lipinski definition) is 2. The Balaban J connectivity index is 2.56. The molecule has 84 valence electrons. The lowest BCUT2D eigenvalue weighted by Crippen LogP contribution is -2.06. The lowest BCUT2D eigenvalue weighted by molar-refractivity contribution is -0.138. The molecule has 0 bridgehead atoms. The molecule has 3 nitrogen and oxygen atoms in total. The molecule has 0 saturated heterocycles. The molecule has 2 rings (SSSR count). The molecule has 0 aliphatic rings. The molecule has 3 heteroatoms. The summed E-state index contributed by atoms with van der Waals surface area (Å²) in [6.45, 7) is 1.65. The van der Waals surface area contributed by atoms with Gasteiger partial charge in [0.15, 0.2) is 0 Å². The predicted octanol–water partition coefficient (Wildman–Crippen LogP) is 2.90. The van der Waals surface area contributed by atoms with Crippen LogP contribution in [0.25, 0.3) is 10.8 Å².